The van der Waals surface area contributed by atoms with E-state index >= 15 is 0 Å². The van der Waals surface area contributed by atoms with E-state index in [0.717, 1.165) is 29.7 Å². The van der Waals surface area contributed by atoms with Gasteiger partial charge in [-0.1, -0.05) is 47.5 Å². The Hall–Kier alpha value is -1.80. The van der Waals surface area contributed by atoms with E-state index in [2.05, 4.69) is 36.5 Å². The molecule has 0 atom stereocenters. The van der Waals surface area contributed by atoms with Crippen molar-refractivity contribution in [2.75, 3.05) is 5.32 Å². The van der Waals surface area contributed by atoms with Gasteiger partial charge in [0.15, 0.2) is 0 Å². The van der Waals surface area contributed by atoms with Crippen LogP contribution in [-0.2, 0) is 10.2 Å². The first-order valence-electron chi connectivity index (χ1n) is 7.17. The Morgan fingerprint density at radius 2 is 1.76 bits per heavy atom. The molecule has 0 bridgehead atoms. The summed E-state index contributed by atoms with van der Waals surface area (Å²) in [6.07, 6.45) is 1.81. The number of halogens is 1. The number of rotatable bonds is 3. The minimum Gasteiger partial charge on any atom is -0.325 e. The van der Waals surface area contributed by atoms with E-state index in [9.17, 15) is 4.79 Å². The number of nitrogens with one attached hydrogen (secondary N) is 1. The second-order valence-electron chi connectivity index (χ2n) is 5.81. The van der Waals surface area contributed by atoms with E-state index in [4.69, 9.17) is 11.6 Å². The van der Waals surface area contributed by atoms with Gasteiger partial charge >= 0.3 is 0 Å². The number of hydrogen-bond acceptors (Lipinski definition) is 1. The van der Waals surface area contributed by atoms with Crippen molar-refractivity contribution in [3.05, 3.63) is 64.2 Å². The molecule has 1 fully saturated rings. The van der Waals surface area contributed by atoms with Gasteiger partial charge in [0.05, 0.1) is 5.41 Å². The predicted octanol–water partition coefficient (Wildman–Crippen LogP) is 4.63. The predicted molar refractivity (Wildman–Crippen MR) is 86.9 cm³/mol. The molecule has 0 radical (unpaired) electrons. The van der Waals surface area contributed by atoms with Gasteiger partial charge in [0.25, 0.3) is 0 Å². The molecule has 3 rings (SSSR count). The van der Waals surface area contributed by atoms with Crippen LogP contribution in [0, 0.1) is 13.8 Å². The fraction of sp³-hybridized carbons (Fsp3) is 0.278. The van der Waals surface area contributed by atoms with Crippen molar-refractivity contribution < 1.29 is 4.79 Å². The van der Waals surface area contributed by atoms with E-state index in [0.29, 0.717) is 5.02 Å². The van der Waals surface area contributed by atoms with Gasteiger partial charge in [-0.3, -0.25) is 4.79 Å². The van der Waals surface area contributed by atoms with Gasteiger partial charge in [-0.25, -0.2) is 0 Å². The zero-order chi connectivity index (χ0) is 15.0. The summed E-state index contributed by atoms with van der Waals surface area (Å²) < 4.78 is 0. The summed E-state index contributed by atoms with van der Waals surface area (Å²) in [7, 11) is 0. The second kappa shape index (κ2) is 5.19. The minimum absolute atomic E-state index is 0.0664. The molecule has 1 amide bonds. The number of carbonyl (C=O) groups excluding carboxylic acids is 1. The standard InChI is InChI=1S/C18H18ClNO/c1-12-6-8-14(9-7-12)18(10-11-18)17(21)20-16-5-3-4-15(19)13(16)2/h3-9H,10-11H2,1-2H3,(H,20,21). The molecule has 2 aromatic carbocycles. The monoisotopic (exact) mass is 299 g/mol. The van der Waals surface area contributed by atoms with Crippen LogP contribution in [0.3, 0.4) is 0 Å². The second-order valence-corrected chi connectivity index (χ2v) is 6.22. The van der Waals surface area contributed by atoms with E-state index in [1.807, 2.05) is 25.1 Å². The van der Waals surface area contributed by atoms with Crippen LogP contribution in [0.4, 0.5) is 5.69 Å². The highest BCUT2D eigenvalue weighted by molar-refractivity contribution is 6.31. The zero-order valence-electron chi connectivity index (χ0n) is 12.2. The number of amides is 1. The Morgan fingerprint density at radius 3 is 2.38 bits per heavy atom. The molecule has 0 unspecified atom stereocenters. The maximum Gasteiger partial charge on any atom is 0.235 e. The van der Waals surface area contributed by atoms with E-state index in [-0.39, 0.29) is 11.3 Å². The molecular formula is C18H18ClNO. The largest absolute Gasteiger partial charge is 0.325 e. The topological polar surface area (TPSA) is 29.1 Å². The lowest BCUT2D eigenvalue weighted by atomic mass is 9.94. The summed E-state index contributed by atoms with van der Waals surface area (Å²) >= 11 is 6.11. The van der Waals surface area contributed by atoms with Crippen molar-refractivity contribution in [3.63, 3.8) is 0 Å². The number of benzene rings is 2. The molecule has 3 heteroatoms. The molecule has 108 valence electrons. The van der Waals surface area contributed by atoms with Crippen LogP contribution in [0.5, 0.6) is 0 Å². The van der Waals surface area contributed by atoms with E-state index in [1.165, 1.54) is 5.56 Å². The van der Waals surface area contributed by atoms with E-state index in [1.54, 1.807) is 0 Å². The summed E-state index contributed by atoms with van der Waals surface area (Å²) in [5.41, 5.74) is 3.66. The van der Waals surface area contributed by atoms with Crippen LogP contribution in [0.15, 0.2) is 42.5 Å². The fourth-order valence-corrected chi connectivity index (χ4v) is 2.80. The van der Waals surface area contributed by atoms with Gasteiger partial charge in [-0.15, -0.1) is 0 Å². The average Bonchev–Trinajstić information content (AvgIpc) is 3.26. The summed E-state index contributed by atoms with van der Waals surface area (Å²) in [4.78, 5) is 12.7. The van der Waals surface area contributed by atoms with Gasteiger partial charge in [0, 0.05) is 10.7 Å². The molecule has 0 saturated heterocycles. The molecule has 2 nitrogen and oxygen atoms in total. The van der Waals surface area contributed by atoms with Crippen LogP contribution in [-0.4, -0.2) is 5.91 Å². The molecule has 1 N–H and O–H groups in total. The summed E-state index contributed by atoms with van der Waals surface area (Å²) in [6.45, 7) is 3.97. The van der Waals surface area contributed by atoms with Crippen molar-refractivity contribution in [3.8, 4) is 0 Å². The molecule has 0 heterocycles. The van der Waals surface area contributed by atoms with Crippen molar-refractivity contribution in [1.29, 1.82) is 0 Å². The number of anilines is 1. The summed E-state index contributed by atoms with van der Waals surface area (Å²) in [5.74, 6) is 0.0664. The third-order valence-electron chi connectivity index (χ3n) is 4.30. The van der Waals surface area contributed by atoms with Crippen LogP contribution in [0.2, 0.25) is 5.02 Å². The summed E-state index contributed by atoms with van der Waals surface area (Å²) in [5, 5.41) is 3.72. The Balaban J connectivity index is 1.85. The van der Waals surface area contributed by atoms with Crippen molar-refractivity contribution in [2.45, 2.75) is 32.1 Å². The van der Waals surface area contributed by atoms with Crippen molar-refractivity contribution >= 4 is 23.2 Å². The highest BCUT2D eigenvalue weighted by Gasteiger charge is 2.51. The molecule has 0 spiro atoms. The van der Waals surface area contributed by atoms with Gasteiger partial charge in [0.1, 0.15) is 0 Å². The Morgan fingerprint density at radius 1 is 1.10 bits per heavy atom. The van der Waals surface area contributed by atoms with Crippen LogP contribution < -0.4 is 5.32 Å². The van der Waals surface area contributed by atoms with Gasteiger partial charge in [0.2, 0.25) is 5.91 Å². The van der Waals surface area contributed by atoms with Gasteiger partial charge < -0.3 is 5.32 Å². The molecule has 1 aliphatic carbocycles. The fourth-order valence-electron chi connectivity index (χ4n) is 2.63. The third kappa shape index (κ3) is 2.56. The highest BCUT2D eigenvalue weighted by Crippen LogP contribution is 2.49. The smallest absolute Gasteiger partial charge is 0.235 e. The summed E-state index contributed by atoms with van der Waals surface area (Å²) in [6, 6.07) is 13.8. The Bertz CT molecular complexity index is 687. The lowest BCUT2D eigenvalue weighted by Gasteiger charge is -2.17. The molecule has 0 aromatic heterocycles. The SMILES string of the molecule is Cc1ccc(C2(C(=O)Nc3cccc(Cl)c3C)CC2)cc1. The Labute approximate surface area is 130 Å². The Kier molecular flexibility index (Phi) is 3.50. The normalized spacial score (nSPS) is 15.6. The molecule has 0 aliphatic heterocycles. The minimum atomic E-state index is -0.359. The van der Waals surface area contributed by atoms with Crippen LogP contribution in [0.25, 0.3) is 0 Å². The van der Waals surface area contributed by atoms with Gasteiger partial charge in [-0.05, 0) is 49.9 Å². The average molecular weight is 300 g/mol. The number of aryl methyl sites for hydroxylation is 1. The van der Waals surface area contributed by atoms with Gasteiger partial charge in [-0.2, -0.15) is 0 Å². The number of carbonyl (C=O) groups is 1. The lowest BCUT2D eigenvalue weighted by Crippen LogP contribution is -2.28. The third-order valence-corrected chi connectivity index (χ3v) is 4.71. The van der Waals surface area contributed by atoms with E-state index < -0.39 is 0 Å². The number of hydrogen-bond donors (Lipinski definition) is 1. The molecule has 1 aliphatic rings. The van der Waals surface area contributed by atoms with Crippen LogP contribution >= 0.6 is 11.6 Å². The maximum atomic E-state index is 12.7. The maximum absolute atomic E-state index is 12.7. The molecule has 1 saturated carbocycles. The lowest BCUT2D eigenvalue weighted by molar-refractivity contribution is -0.118. The van der Waals surface area contributed by atoms with Crippen molar-refractivity contribution in [2.24, 2.45) is 0 Å². The first kappa shape index (κ1) is 14.2. The zero-order valence-corrected chi connectivity index (χ0v) is 13.0. The van der Waals surface area contributed by atoms with Crippen molar-refractivity contribution in [1.82, 2.24) is 0 Å². The first-order valence-corrected chi connectivity index (χ1v) is 7.54. The van der Waals surface area contributed by atoms with Crippen LogP contribution in [0.1, 0.15) is 29.5 Å². The molecular weight excluding hydrogens is 282 g/mol. The highest BCUT2D eigenvalue weighted by atomic mass is 35.5. The quantitative estimate of drug-likeness (QED) is 0.880. The first-order chi connectivity index (χ1) is 10.0. The molecule has 2 aromatic rings. The molecule has 21 heavy (non-hydrogen) atoms.